The van der Waals surface area contributed by atoms with E-state index >= 15 is 0 Å². The highest BCUT2D eigenvalue weighted by atomic mass is 32.1. The van der Waals surface area contributed by atoms with Crippen molar-refractivity contribution in [3.63, 3.8) is 0 Å². The van der Waals surface area contributed by atoms with Crippen molar-refractivity contribution in [2.45, 2.75) is 13.1 Å². The SMILES string of the molecule is COc1ccc(-c2noc(CN(C)Cc3nc4ccccc4s3)n2)cc1. The number of benzene rings is 2. The molecule has 0 spiro atoms. The summed E-state index contributed by atoms with van der Waals surface area (Å²) in [6.45, 7) is 1.30. The highest BCUT2D eigenvalue weighted by Crippen LogP contribution is 2.23. The smallest absolute Gasteiger partial charge is 0.241 e. The Labute approximate surface area is 155 Å². The maximum atomic E-state index is 5.39. The minimum atomic E-state index is 0.569. The van der Waals surface area contributed by atoms with Crippen LogP contribution in [-0.2, 0) is 13.1 Å². The van der Waals surface area contributed by atoms with Crippen molar-refractivity contribution in [1.29, 1.82) is 0 Å². The Hall–Kier alpha value is -2.77. The Balaban J connectivity index is 1.42. The van der Waals surface area contributed by atoms with Crippen LogP contribution in [0.5, 0.6) is 5.75 Å². The first kappa shape index (κ1) is 16.7. The number of rotatable bonds is 6. The third-order valence-corrected chi connectivity index (χ3v) is 4.99. The first-order valence-electron chi connectivity index (χ1n) is 8.21. The van der Waals surface area contributed by atoms with E-state index in [0.717, 1.165) is 28.4 Å². The van der Waals surface area contributed by atoms with Gasteiger partial charge in [-0.2, -0.15) is 4.98 Å². The molecule has 0 aliphatic heterocycles. The van der Waals surface area contributed by atoms with Gasteiger partial charge in [0, 0.05) is 5.56 Å². The number of para-hydroxylation sites is 1. The lowest BCUT2D eigenvalue weighted by Crippen LogP contribution is -2.17. The zero-order valence-corrected chi connectivity index (χ0v) is 15.4. The van der Waals surface area contributed by atoms with Gasteiger partial charge in [0.25, 0.3) is 0 Å². The van der Waals surface area contributed by atoms with Gasteiger partial charge in [-0.15, -0.1) is 11.3 Å². The van der Waals surface area contributed by atoms with E-state index in [-0.39, 0.29) is 0 Å². The van der Waals surface area contributed by atoms with Crippen LogP contribution in [0.25, 0.3) is 21.6 Å². The van der Waals surface area contributed by atoms with Gasteiger partial charge in [0.15, 0.2) is 0 Å². The van der Waals surface area contributed by atoms with Crippen LogP contribution in [0.2, 0.25) is 0 Å². The number of aromatic nitrogens is 3. The van der Waals surface area contributed by atoms with E-state index in [0.29, 0.717) is 18.3 Å². The highest BCUT2D eigenvalue weighted by molar-refractivity contribution is 7.18. The molecule has 0 atom stereocenters. The molecule has 26 heavy (non-hydrogen) atoms. The number of methoxy groups -OCH3 is 1. The maximum Gasteiger partial charge on any atom is 0.241 e. The molecule has 4 rings (SSSR count). The lowest BCUT2D eigenvalue weighted by Gasteiger charge is -2.11. The lowest BCUT2D eigenvalue weighted by molar-refractivity contribution is 0.260. The molecule has 0 bridgehead atoms. The molecular formula is C19H18N4O2S. The van der Waals surface area contributed by atoms with Crippen molar-refractivity contribution < 1.29 is 9.26 Å². The molecule has 2 aromatic heterocycles. The minimum absolute atomic E-state index is 0.569. The summed E-state index contributed by atoms with van der Waals surface area (Å²) in [4.78, 5) is 11.3. The molecular weight excluding hydrogens is 348 g/mol. The minimum Gasteiger partial charge on any atom is -0.497 e. The lowest BCUT2D eigenvalue weighted by atomic mass is 10.2. The van der Waals surface area contributed by atoms with Crippen LogP contribution in [0.15, 0.2) is 53.1 Å². The Morgan fingerprint density at radius 3 is 2.62 bits per heavy atom. The van der Waals surface area contributed by atoms with Gasteiger partial charge in [0.2, 0.25) is 11.7 Å². The predicted molar refractivity (Wildman–Crippen MR) is 101 cm³/mol. The summed E-state index contributed by atoms with van der Waals surface area (Å²) in [6, 6.07) is 15.8. The van der Waals surface area contributed by atoms with E-state index in [1.54, 1.807) is 18.4 Å². The second-order valence-corrected chi connectivity index (χ2v) is 7.10. The van der Waals surface area contributed by atoms with Crippen LogP contribution in [0.1, 0.15) is 10.9 Å². The van der Waals surface area contributed by atoms with E-state index in [4.69, 9.17) is 9.26 Å². The first-order chi connectivity index (χ1) is 12.7. The van der Waals surface area contributed by atoms with Gasteiger partial charge >= 0.3 is 0 Å². The predicted octanol–water partition coefficient (Wildman–Crippen LogP) is 3.99. The molecule has 0 fully saturated rings. The van der Waals surface area contributed by atoms with Gasteiger partial charge in [-0.1, -0.05) is 17.3 Å². The summed E-state index contributed by atoms with van der Waals surface area (Å²) < 4.78 is 11.8. The molecule has 6 nitrogen and oxygen atoms in total. The molecule has 7 heteroatoms. The Morgan fingerprint density at radius 2 is 1.85 bits per heavy atom. The summed E-state index contributed by atoms with van der Waals surface area (Å²) >= 11 is 1.71. The number of thiazole rings is 1. The largest absolute Gasteiger partial charge is 0.497 e. The molecule has 0 aliphatic carbocycles. The van der Waals surface area contributed by atoms with Crippen molar-refractivity contribution in [1.82, 2.24) is 20.0 Å². The van der Waals surface area contributed by atoms with Crippen molar-refractivity contribution in [2.24, 2.45) is 0 Å². The highest BCUT2D eigenvalue weighted by Gasteiger charge is 2.13. The van der Waals surface area contributed by atoms with Crippen LogP contribution in [-0.4, -0.2) is 34.2 Å². The molecule has 0 aliphatic rings. The monoisotopic (exact) mass is 366 g/mol. The summed E-state index contributed by atoms with van der Waals surface area (Å²) in [6.07, 6.45) is 0. The fourth-order valence-corrected chi connectivity index (χ4v) is 3.73. The molecule has 132 valence electrons. The number of hydrogen-bond donors (Lipinski definition) is 0. The van der Waals surface area contributed by atoms with E-state index in [2.05, 4.69) is 26.1 Å². The molecule has 0 amide bonds. The van der Waals surface area contributed by atoms with E-state index in [9.17, 15) is 0 Å². The molecule has 0 N–H and O–H groups in total. The van der Waals surface area contributed by atoms with E-state index in [1.165, 1.54) is 4.70 Å². The van der Waals surface area contributed by atoms with Gasteiger partial charge in [-0.3, -0.25) is 4.90 Å². The standard InChI is InChI=1S/C19H18N4O2S/c1-23(12-18-20-15-5-3-4-6-16(15)26-18)11-17-21-19(22-25-17)13-7-9-14(24-2)10-8-13/h3-10H,11-12H2,1-2H3. The molecule has 0 saturated heterocycles. The second-order valence-electron chi connectivity index (χ2n) is 5.99. The molecule has 2 aromatic carbocycles. The van der Waals surface area contributed by atoms with Gasteiger partial charge in [-0.05, 0) is 43.4 Å². The van der Waals surface area contributed by atoms with E-state index in [1.807, 2.05) is 49.5 Å². The molecule has 0 unspecified atom stereocenters. The van der Waals surface area contributed by atoms with Crippen molar-refractivity contribution in [3.8, 4) is 17.1 Å². The quantitative estimate of drug-likeness (QED) is 0.514. The summed E-state index contributed by atoms with van der Waals surface area (Å²) in [5.41, 5.74) is 1.94. The van der Waals surface area contributed by atoms with Crippen molar-refractivity contribution in [2.75, 3.05) is 14.2 Å². The number of fused-ring (bicyclic) bond motifs is 1. The molecule has 2 heterocycles. The molecule has 0 saturated carbocycles. The van der Waals surface area contributed by atoms with Crippen molar-refractivity contribution in [3.05, 3.63) is 59.4 Å². The van der Waals surface area contributed by atoms with Crippen LogP contribution < -0.4 is 4.74 Å². The third-order valence-electron chi connectivity index (χ3n) is 3.96. The zero-order chi connectivity index (χ0) is 17.9. The average Bonchev–Trinajstić information content (AvgIpc) is 3.28. The summed E-state index contributed by atoms with van der Waals surface area (Å²) in [7, 11) is 3.66. The maximum absolute atomic E-state index is 5.39. The Bertz CT molecular complexity index is 977. The fraction of sp³-hybridized carbons (Fsp3) is 0.211. The Kier molecular flexibility index (Phi) is 4.64. The van der Waals surface area contributed by atoms with Gasteiger partial charge in [0.1, 0.15) is 10.8 Å². The van der Waals surface area contributed by atoms with Gasteiger partial charge in [-0.25, -0.2) is 4.98 Å². The normalized spacial score (nSPS) is 11.3. The van der Waals surface area contributed by atoms with Crippen LogP contribution in [0.4, 0.5) is 0 Å². The van der Waals surface area contributed by atoms with Gasteiger partial charge in [0.05, 0.1) is 30.4 Å². The topological polar surface area (TPSA) is 64.3 Å². The fourth-order valence-electron chi connectivity index (χ4n) is 2.68. The number of nitrogens with zero attached hydrogens (tertiary/aromatic N) is 4. The number of ether oxygens (including phenoxy) is 1. The van der Waals surface area contributed by atoms with Crippen molar-refractivity contribution >= 4 is 21.6 Å². The average molecular weight is 366 g/mol. The third kappa shape index (κ3) is 3.58. The molecule has 0 radical (unpaired) electrons. The number of hydrogen-bond acceptors (Lipinski definition) is 7. The molecule has 4 aromatic rings. The van der Waals surface area contributed by atoms with Crippen LogP contribution in [0, 0.1) is 0 Å². The zero-order valence-electron chi connectivity index (χ0n) is 14.5. The van der Waals surface area contributed by atoms with E-state index < -0.39 is 0 Å². The van der Waals surface area contributed by atoms with Crippen LogP contribution in [0.3, 0.4) is 0 Å². The summed E-state index contributed by atoms with van der Waals surface area (Å²) in [5, 5.41) is 5.14. The Morgan fingerprint density at radius 1 is 1.04 bits per heavy atom. The first-order valence-corrected chi connectivity index (χ1v) is 9.03. The van der Waals surface area contributed by atoms with Crippen LogP contribution >= 0.6 is 11.3 Å². The summed E-state index contributed by atoms with van der Waals surface area (Å²) in [5.74, 6) is 1.96. The van der Waals surface area contributed by atoms with Gasteiger partial charge < -0.3 is 9.26 Å². The second kappa shape index (κ2) is 7.23.